The number of carbonyl (C=O) groups is 2. The summed E-state index contributed by atoms with van der Waals surface area (Å²) < 4.78 is 6.00. The lowest BCUT2D eigenvalue weighted by Crippen LogP contribution is -2.73. The van der Waals surface area contributed by atoms with Crippen LogP contribution >= 0.6 is 0 Å². The van der Waals surface area contributed by atoms with Crippen LogP contribution in [0.15, 0.2) is 0 Å². The molecule has 3 aliphatic rings. The van der Waals surface area contributed by atoms with Gasteiger partial charge in [0.1, 0.15) is 11.6 Å². The van der Waals surface area contributed by atoms with Gasteiger partial charge < -0.3 is 15.0 Å². The number of morpholine rings is 1. The molecule has 0 aromatic carbocycles. The lowest BCUT2D eigenvalue weighted by Gasteiger charge is -2.55. The van der Waals surface area contributed by atoms with Crippen molar-refractivity contribution in [1.29, 1.82) is 0 Å². The second-order valence-electron chi connectivity index (χ2n) is 7.60. The topological polar surface area (TPSA) is 61.9 Å². The zero-order valence-electron chi connectivity index (χ0n) is 14.0. The molecule has 124 valence electrons. The van der Waals surface area contributed by atoms with Gasteiger partial charge in [-0.15, -0.1) is 0 Å². The fourth-order valence-corrected chi connectivity index (χ4v) is 3.55. The number of amides is 2. The third-order valence-corrected chi connectivity index (χ3v) is 5.05. The van der Waals surface area contributed by atoms with Crippen LogP contribution in [-0.4, -0.2) is 72.6 Å². The van der Waals surface area contributed by atoms with Crippen molar-refractivity contribution in [2.45, 2.75) is 44.9 Å². The van der Waals surface area contributed by atoms with Gasteiger partial charge in [0, 0.05) is 18.5 Å². The maximum atomic E-state index is 12.2. The SMILES string of the molecule is CC(C)NC(=O)[C@@H]1COC2(CN(C(=O)[C@H]3C[C@@H]3C)C2)CN1C. The first-order valence-electron chi connectivity index (χ1n) is 8.25. The minimum atomic E-state index is -0.267. The highest BCUT2D eigenvalue weighted by molar-refractivity contribution is 5.83. The van der Waals surface area contributed by atoms with Crippen LogP contribution in [0.3, 0.4) is 0 Å². The van der Waals surface area contributed by atoms with Crippen LogP contribution in [0.1, 0.15) is 27.2 Å². The minimum absolute atomic E-state index is 0.0198. The summed E-state index contributed by atoms with van der Waals surface area (Å²) in [6, 6.07) is -0.102. The van der Waals surface area contributed by atoms with E-state index < -0.39 is 0 Å². The van der Waals surface area contributed by atoms with Gasteiger partial charge in [-0.2, -0.15) is 0 Å². The van der Waals surface area contributed by atoms with Gasteiger partial charge in [-0.25, -0.2) is 0 Å². The van der Waals surface area contributed by atoms with Crippen molar-refractivity contribution >= 4 is 11.8 Å². The van der Waals surface area contributed by atoms with Gasteiger partial charge in [-0.3, -0.25) is 14.5 Å². The molecule has 0 unspecified atom stereocenters. The average molecular weight is 309 g/mol. The smallest absolute Gasteiger partial charge is 0.239 e. The predicted molar refractivity (Wildman–Crippen MR) is 82.2 cm³/mol. The molecular weight excluding hydrogens is 282 g/mol. The van der Waals surface area contributed by atoms with Crippen LogP contribution in [0.4, 0.5) is 0 Å². The van der Waals surface area contributed by atoms with E-state index >= 15 is 0 Å². The average Bonchev–Trinajstić information content (AvgIpc) is 3.11. The zero-order chi connectivity index (χ0) is 16.1. The van der Waals surface area contributed by atoms with Crippen LogP contribution in [0.2, 0.25) is 0 Å². The van der Waals surface area contributed by atoms with Crippen molar-refractivity contribution in [2.24, 2.45) is 11.8 Å². The number of likely N-dealkylation sites (N-methyl/N-ethyl adjacent to an activating group) is 1. The van der Waals surface area contributed by atoms with E-state index in [-0.39, 0.29) is 35.4 Å². The first-order chi connectivity index (χ1) is 10.3. The zero-order valence-corrected chi connectivity index (χ0v) is 14.0. The van der Waals surface area contributed by atoms with Gasteiger partial charge in [-0.1, -0.05) is 6.92 Å². The summed E-state index contributed by atoms with van der Waals surface area (Å²) in [5.74, 6) is 1.09. The minimum Gasteiger partial charge on any atom is -0.368 e. The molecule has 1 saturated carbocycles. The Balaban J connectivity index is 1.51. The molecule has 0 aromatic rings. The number of carbonyl (C=O) groups excluding carboxylic acids is 2. The number of hydrogen-bond donors (Lipinski definition) is 1. The van der Waals surface area contributed by atoms with E-state index in [0.717, 1.165) is 6.42 Å². The maximum absolute atomic E-state index is 12.2. The van der Waals surface area contributed by atoms with Gasteiger partial charge in [0.25, 0.3) is 0 Å². The molecule has 2 aliphatic heterocycles. The van der Waals surface area contributed by atoms with Gasteiger partial charge in [0.05, 0.1) is 19.7 Å². The molecule has 3 rings (SSSR count). The molecule has 0 radical (unpaired) electrons. The Morgan fingerprint density at radius 1 is 1.27 bits per heavy atom. The highest BCUT2D eigenvalue weighted by Crippen LogP contribution is 2.42. The van der Waals surface area contributed by atoms with Crippen LogP contribution in [0.5, 0.6) is 0 Å². The van der Waals surface area contributed by atoms with Crippen molar-refractivity contribution in [3.63, 3.8) is 0 Å². The summed E-state index contributed by atoms with van der Waals surface area (Å²) in [7, 11) is 1.96. The monoisotopic (exact) mass is 309 g/mol. The predicted octanol–water partition coefficient (Wildman–Crippen LogP) is 0.0786. The molecule has 22 heavy (non-hydrogen) atoms. The maximum Gasteiger partial charge on any atom is 0.239 e. The highest BCUT2D eigenvalue weighted by atomic mass is 16.5. The number of likely N-dealkylation sites (tertiary alicyclic amines) is 1. The highest BCUT2D eigenvalue weighted by Gasteiger charge is 2.54. The number of nitrogens with one attached hydrogen (secondary N) is 1. The summed E-state index contributed by atoms with van der Waals surface area (Å²) in [5.41, 5.74) is -0.267. The molecule has 2 saturated heterocycles. The molecule has 1 spiro atoms. The number of ether oxygens (including phenoxy) is 1. The lowest BCUT2D eigenvalue weighted by molar-refractivity contribution is -0.202. The van der Waals surface area contributed by atoms with Gasteiger partial charge >= 0.3 is 0 Å². The van der Waals surface area contributed by atoms with E-state index in [0.29, 0.717) is 32.2 Å². The third kappa shape index (κ3) is 2.86. The fourth-order valence-electron chi connectivity index (χ4n) is 3.55. The molecule has 1 N–H and O–H groups in total. The largest absolute Gasteiger partial charge is 0.368 e. The Morgan fingerprint density at radius 2 is 1.91 bits per heavy atom. The van der Waals surface area contributed by atoms with Crippen molar-refractivity contribution in [2.75, 3.05) is 33.3 Å². The molecule has 1 aliphatic carbocycles. The molecule has 6 nitrogen and oxygen atoms in total. The summed E-state index contributed by atoms with van der Waals surface area (Å²) in [4.78, 5) is 28.3. The Hall–Kier alpha value is -1.14. The Labute approximate surface area is 132 Å². The number of nitrogens with zero attached hydrogens (tertiary/aromatic N) is 2. The first-order valence-corrected chi connectivity index (χ1v) is 8.25. The van der Waals surface area contributed by atoms with E-state index in [9.17, 15) is 9.59 Å². The van der Waals surface area contributed by atoms with Crippen molar-refractivity contribution in [1.82, 2.24) is 15.1 Å². The summed E-state index contributed by atoms with van der Waals surface area (Å²) in [5, 5.41) is 2.94. The molecule has 0 bridgehead atoms. The van der Waals surface area contributed by atoms with Crippen LogP contribution in [0.25, 0.3) is 0 Å². The molecule has 2 heterocycles. The summed E-state index contributed by atoms with van der Waals surface area (Å²) in [6.45, 7) is 8.47. The van der Waals surface area contributed by atoms with Gasteiger partial charge in [-0.05, 0) is 33.2 Å². The van der Waals surface area contributed by atoms with E-state index in [4.69, 9.17) is 4.74 Å². The lowest BCUT2D eigenvalue weighted by atomic mass is 9.90. The van der Waals surface area contributed by atoms with Gasteiger partial charge in [0.2, 0.25) is 11.8 Å². The second-order valence-corrected chi connectivity index (χ2v) is 7.60. The third-order valence-electron chi connectivity index (χ3n) is 5.05. The van der Waals surface area contributed by atoms with E-state index in [2.05, 4.69) is 17.1 Å². The van der Waals surface area contributed by atoms with Crippen molar-refractivity contribution in [3.05, 3.63) is 0 Å². The molecule has 3 atom stereocenters. The standard InChI is InChI=1S/C16H27N3O3/c1-10(2)17-14(20)13-6-22-16(7-18(13)4)8-19(9-16)15(21)12-5-11(12)3/h10-13H,5-9H2,1-4H3,(H,17,20)/t11-,12-,13-/m0/s1. The first kappa shape index (κ1) is 15.7. The molecule has 6 heteroatoms. The van der Waals surface area contributed by atoms with E-state index in [1.807, 2.05) is 25.8 Å². The van der Waals surface area contributed by atoms with E-state index in [1.165, 1.54) is 0 Å². The van der Waals surface area contributed by atoms with Crippen LogP contribution in [-0.2, 0) is 14.3 Å². The number of rotatable bonds is 3. The quantitative estimate of drug-likeness (QED) is 0.802. The molecule has 2 amide bonds. The molecule has 0 aromatic heterocycles. The Kier molecular flexibility index (Phi) is 3.93. The Morgan fingerprint density at radius 3 is 2.41 bits per heavy atom. The molecular formula is C16H27N3O3. The van der Waals surface area contributed by atoms with Crippen molar-refractivity contribution < 1.29 is 14.3 Å². The number of hydrogen-bond acceptors (Lipinski definition) is 4. The Bertz CT molecular complexity index is 473. The summed E-state index contributed by atoms with van der Waals surface area (Å²) >= 11 is 0. The molecule has 3 fully saturated rings. The normalized spacial score (nSPS) is 33.7. The van der Waals surface area contributed by atoms with Crippen LogP contribution < -0.4 is 5.32 Å². The van der Waals surface area contributed by atoms with Gasteiger partial charge in [0.15, 0.2) is 0 Å². The summed E-state index contributed by atoms with van der Waals surface area (Å²) in [6.07, 6.45) is 1.03. The van der Waals surface area contributed by atoms with Crippen molar-refractivity contribution in [3.8, 4) is 0 Å². The van der Waals surface area contributed by atoms with E-state index in [1.54, 1.807) is 0 Å². The second kappa shape index (κ2) is 5.49. The fraction of sp³-hybridized carbons (Fsp3) is 0.875. The van der Waals surface area contributed by atoms with Crippen LogP contribution in [0, 0.1) is 11.8 Å².